The van der Waals surface area contributed by atoms with Crippen molar-refractivity contribution in [3.8, 4) is 0 Å². The molecule has 170 valence electrons. The molecule has 1 aliphatic heterocycles. The zero-order valence-electron chi connectivity index (χ0n) is 18.6. The highest BCUT2D eigenvalue weighted by Gasteiger charge is 2.30. The predicted molar refractivity (Wildman–Crippen MR) is 117 cm³/mol. The molecule has 1 unspecified atom stereocenters. The third-order valence-corrected chi connectivity index (χ3v) is 4.90. The van der Waals surface area contributed by atoms with Crippen molar-refractivity contribution in [3.63, 3.8) is 0 Å². The number of ether oxygens (including phenoxy) is 1. The molecule has 2 rings (SSSR count). The zero-order chi connectivity index (χ0) is 23.0. The van der Waals surface area contributed by atoms with E-state index in [-0.39, 0.29) is 42.3 Å². The van der Waals surface area contributed by atoms with Gasteiger partial charge in [0.15, 0.2) is 0 Å². The summed E-state index contributed by atoms with van der Waals surface area (Å²) in [7, 11) is 1.55. The van der Waals surface area contributed by atoms with Crippen LogP contribution in [0.3, 0.4) is 0 Å². The Labute approximate surface area is 183 Å². The zero-order valence-corrected chi connectivity index (χ0v) is 18.6. The second-order valence-corrected chi connectivity index (χ2v) is 7.93. The third-order valence-electron chi connectivity index (χ3n) is 4.90. The average molecular weight is 433 g/mol. The number of likely N-dealkylation sites (tertiary alicyclic amines) is 1. The lowest BCUT2D eigenvalue weighted by Crippen LogP contribution is -2.47. The van der Waals surface area contributed by atoms with Crippen LogP contribution in [-0.4, -0.2) is 72.9 Å². The topological polar surface area (TPSA) is 108 Å². The molecule has 4 amide bonds. The van der Waals surface area contributed by atoms with Gasteiger partial charge in [0.25, 0.3) is 5.91 Å². The Morgan fingerprint density at radius 1 is 1.26 bits per heavy atom. The van der Waals surface area contributed by atoms with Crippen molar-refractivity contribution in [1.82, 2.24) is 15.1 Å². The molecule has 0 bridgehead atoms. The molecule has 9 heteroatoms. The average Bonchev–Trinajstić information content (AvgIpc) is 2.73. The fraction of sp³-hybridized carbons (Fsp3) is 0.545. The molecule has 1 aliphatic rings. The molecule has 0 aromatic heterocycles. The molecule has 0 spiro atoms. The van der Waals surface area contributed by atoms with E-state index < -0.39 is 0 Å². The summed E-state index contributed by atoms with van der Waals surface area (Å²) >= 11 is 0. The number of esters is 1. The smallest absolute Gasteiger partial charge is 0.319 e. The third kappa shape index (κ3) is 7.27. The van der Waals surface area contributed by atoms with Crippen LogP contribution in [0.5, 0.6) is 0 Å². The van der Waals surface area contributed by atoms with Crippen LogP contribution in [0.2, 0.25) is 0 Å². The first-order valence-corrected chi connectivity index (χ1v) is 10.6. The number of anilines is 1. The molecule has 1 atom stereocenters. The van der Waals surface area contributed by atoms with Crippen molar-refractivity contribution in [2.24, 2.45) is 5.92 Å². The van der Waals surface area contributed by atoms with Crippen molar-refractivity contribution in [2.75, 3.05) is 38.6 Å². The summed E-state index contributed by atoms with van der Waals surface area (Å²) in [6.45, 7) is 6.54. The Morgan fingerprint density at radius 3 is 2.68 bits per heavy atom. The van der Waals surface area contributed by atoms with Gasteiger partial charge in [0, 0.05) is 37.4 Å². The molecule has 9 nitrogen and oxygen atoms in total. The molecule has 1 fully saturated rings. The number of carbonyl (C=O) groups excluding carboxylic acids is 4. The number of rotatable bonds is 7. The van der Waals surface area contributed by atoms with Gasteiger partial charge in [-0.3, -0.25) is 14.4 Å². The van der Waals surface area contributed by atoms with Crippen LogP contribution < -0.4 is 10.6 Å². The van der Waals surface area contributed by atoms with E-state index in [1.165, 1.54) is 4.90 Å². The highest BCUT2D eigenvalue weighted by Crippen LogP contribution is 2.19. The highest BCUT2D eigenvalue weighted by atomic mass is 16.5. The number of benzene rings is 1. The van der Waals surface area contributed by atoms with E-state index in [0.717, 1.165) is 6.42 Å². The minimum absolute atomic E-state index is 0.0137. The summed E-state index contributed by atoms with van der Waals surface area (Å²) in [6, 6.07) is 6.19. The van der Waals surface area contributed by atoms with Crippen molar-refractivity contribution in [2.45, 2.75) is 39.7 Å². The molecule has 1 heterocycles. The first kappa shape index (κ1) is 24.2. The molecule has 1 aromatic rings. The second kappa shape index (κ2) is 11.3. The summed E-state index contributed by atoms with van der Waals surface area (Å²) in [6.07, 6.45) is 1.42. The number of amides is 4. The maximum absolute atomic E-state index is 12.8. The number of hydrogen-bond donors (Lipinski definition) is 2. The summed E-state index contributed by atoms with van der Waals surface area (Å²) < 4.78 is 5.07. The van der Waals surface area contributed by atoms with Gasteiger partial charge in [-0.25, -0.2) is 4.79 Å². The van der Waals surface area contributed by atoms with E-state index >= 15 is 0 Å². The first-order valence-electron chi connectivity index (χ1n) is 10.6. The van der Waals surface area contributed by atoms with Crippen LogP contribution in [0.15, 0.2) is 24.3 Å². The van der Waals surface area contributed by atoms with Crippen molar-refractivity contribution in [3.05, 3.63) is 29.8 Å². The lowest BCUT2D eigenvalue weighted by Gasteiger charge is -2.32. The lowest BCUT2D eigenvalue weighted by molar-refractivity contribution is -0.151. The molecule has 0 saturated carbocycles. The molecule has 2 N–H and O–H groups in total. The van der Waals surface area contributed by atoms with Crippen LogP contribution in [0.1, 0.15) is 44.0 Å². The van der Waals surface area contributed by atoms with Gasteiger partial charge in [-0.1, -0.05) is 6.07 Å². The SMILES string of the molecule is CCOC(=O)C1CCCN(C(=O)CN(C)C(=O)c2cccc(NC(=O)NC(C)C)c2)C1. The van der Waals surface area contributed by atoms with Crippen LogP contribution in [-0.2, 0) is 14.3 Å². The number of nitrogens with one attached hydrogen (secondary N) is 2. The van der Waals surface area contributed by atoms with Gasteiger partial charge >= 0.3 is 12.0 Å². The van der Waals surface area contributed by atoms with Crippen LogP contribution in [0, 0.1) is 5.92 Å². The van der Waals surface area contributed by atoms with Gasteiger partial charge in [-0.2, -0.15) is 0 Å². The number of urea groups is 1. The summed E-state index contributed by atoms with van der Waals surface area (Å²) in [5.74, 6) is -1.15. The maximum atomic E-state index is 12.8. The van der Waals surface area contributed by atoms with E-state index in [2.05, 4.69) is 10.6 Å². The fourth-order valence-electron chi connectivity index (χ4n) is 3.41. The standard InChI is InChI=1S/C22H32N4O5/c1-5-31-21(29)17-9-7-11-26(13-17)19(27)14-25(4)20(28)16-8-6-10-18(12-16)24-22(30)23-15(2)3/h6,8,10,12,15,17H,5,7,9,11,13-14H2,1-4H3,(H2,23,24,30). The van der Waals surface area contributed by atoms with Crippen molar-refractivity contribution in [1.29, 1.82) is 0 Å². The first-order chi connectivity index (χ1) is 14.7. The Balaban J connectivity index is 1.95. The van der Waals surface area contributed by atoms with E-state index in [1.54, 1.807) is 43.1 Å². The predicted octanol–water partition coefficient (Wildman–Crippen LogP) is 2.09. The van der Waals surface area contributed by atoms with E-state index in [1.807, 2.05) is 13.8 Å². The van der Waals surface area contributed by atoms with Crippen LogP contribution >= 0.6 is 0 Å². The summed E-state index contributed by atoms with van der Waals surface area (Å²) in [5, 5.41) is 5.40. The Hall–Kier alpha value is -3.10. The molecular formula is C22H32N4O5. The van der Waals surface area contributed by atoms with Gasteiger partial charge in [-0.15, -0.1) is 0 Å². The molecule has 1 saturated heterocycles. The lowest BCUT2D eigenvalue weighted by atomic mass is 9.98. The van der Waals surface area contributed by atoms with Gasteiger partial charge in [0.2, 0.25) is 5.91 Å². The monoisotopic (exact) mass is 432 g/mol. The molecule has 31 heavy (non-hydrogen) atoms. The largest absolute Gasteiger partial charge is 0.466 e. The maximum Gasteiger partial charge on any atom is 0.319 e. The van der Waals surface area contributed by atoms with Gasteiger partial charge in [0.1, 0.15) is 0 Å². The normalized spacial score (nSPS) is 15.9. The quantitative estimate of drug-likeness (QED) is 0.642. The summed E-state index contributed by atoms with van der Waals surface area (Å²) in [5.41, 5.74) is 0.845. The van der Waals surface area contributed by atoms with Crippen molar-refractivity contribution < 1.29 is 23.9 Å². The van der Waals surface area contributed by atoms with E-state index in [0.29, 0.717) is 37.4 Å². The van der Waals surface area contributed by atoms with Gasteiger partial charge in [0.05, 0.1) is 19.1 Å². The number of nitrogens with zero attached hydrogens (tertiary/aromatic N) is 2. The molecule has 1 aromatic carbocycles. The van der Waals surface area contributed by atoms with Gasteiger partial charge in [-0.05, 0) is 51.8 Å². The van der Waals surface area contributed by atoms with Crippen LogP contribution in [0.4, 0.5) is 10.5 Å². The molecule has 0 radical (unpaired) electrons. The van der Waals surface area contributed by atoms with Crippen molar-refractivity contribution >= 4 is 29.5 Å². The number of hydrogen-bond acceptors (Lipinski definition) is 5. The second-order valence-electron chi connectivity index (χ2n) is 7.93. The number of carbonyl (C=O) groups is 4. The minimum atomic E-state index is -0.357. The molecule has 0 aliphatic carbocycles. The van der Waals surface area contributed by atoms with E-state index in [9.17, 15) is 19.2 Å². The van der Waals surface area contributed by atoms with E-state index in [4.69, 9.17) is 4.74 Å². The summed E-state index contributed by atoms with van der Waals surface area (Å²) in [4.78, 5) is 52.3. The fourth-order valence-corrected chi connectivity index (χ4v) is 3.41. The molecular weight excluding hydrogens is 400 g/mol. The number of piperidine rings is 1. The Kier molecular flexibility index (Phi) is 8.84. The Morgan fingerprint density at radius 2 is 2.00 bits per heavy atom. The minimum Gasteiger partial charge on any atom is -0.466 e. The number of likely N-dealkylation sites (N-methyl/N-ethyl adjacent to an activating group) is 1. The highest BCUT2D eigenvalue weighted by molar-refractivity contribution is 5.98. The Bertz CT molecular complexity index is 811. The van der Waals surface area contributed by atoms with Crippen LogP contribution in [0.25, 0.3) is 0 Å². The van der Waals surface area contributed by atoms with Gasteiger partial charge < -0.3 is 25.2 Å².